The Morgan fingerprint density at radius 1 is 1.27 bits per heavy atom. The quantitative estimate of drug-likeness (QED) is 0.696. The summed E-state index contributed by atoms with van der Waals surface area (Å²) < 4.78 is 1.84. The molecule has 3 nitrogen and oxygen atoms in total. The lowest BCUT2D eigenvalue weighted by Crippen LogP contribution is -1.93. The van der Waals surface area contributed by atoms with Crippen LogP contribution in [0, 0.1) is 6.92 Å². The molecule has 0 amide bonds. The maximum absolute atomic E-state index is 10.5. The fourth-order valence-corrected chi connectivity index (χ4v) is 1.61. The highest BCUT2D eigenvalue weighted by Crippen LogP contribution is 2.19. The lowest BCUT2D eigenvalue weighted by Gasteiger charge is -2.01. The number of carbonyl (C=O) groups is 1. The van der Waals surface area contributed by atoms with Crippen molar-refractivity contribution in [2.45, 2.75) is 6.92 Å². The van der Waals surface area contributed by atoms with E-state index in [1.807, 2.05) is 49.0 Å². The fourth-order valence-electron chi connectivity index (χ4n) is 1.61. The van der Waals surface area contributed by atoms with Crippen molar-refractivity contribution >= 4 is 6.29 Å². The van der Waals surface area contributed by atoms with Crippen LogP contribution in [0.1, 0.15) is 16.1 Å². The summed E-state index contributed by atoms with van der Waals surface area (Å²) in [7, 11) is 1.91. The van der Waals surface area contributed by atoms with Crippen molar-refractivity contribution < 1.29 is 4.79 Å². The third-order valence-corrected chi connectivity index (χ3v) is 2.34. The first-order valence-corrected chi connectivity index (χ1v) is 4.77. The summed E-state index contributed by atoms with van der Waals surface area (Å²) in [5, 5.41) is 4.28. The smallest absolute Gasteiger partial charge is 0.150 e. The van der Waals surface area contributed by atoms with E-state index in [0.29, 0.717) is 5.56 Å². The van der Waals surface area contributed by atoms with E-state index in [-0.39, 0.29) is 0 Å². The van der Waals surface area contributed by atoms with Gasteiger partial charge in [0.15, 0.2) is 0 Å². The molecule has 0 radical (unpaired) electrons. The van der Waals surface area contributed by atoms with Crippen molar-refractivity contribution in [3.8, 4) is 11.3 Å². The van der Waals surface area contributed by atoms with Gasteiger partial charge in [-0.2, -0.15) is 5.10 Å². The van der Waals surface area contributed by atoms with Crippen molar-refractivity contribution in [1.29, 1.82) is 0 Å². The molecule has 3 heteroatoms. The number of rotatable bonds is 2. The van der Waals surface area contributed by atoms with E-state index in [1.165, 1.54) is 0 Å². The second-order valence-electron chi connectivity index (χ2n) is 3.53. The summed E-state index contributed by atoms with van der Waals surface area (Å²) in [5.41, 5.74) is 3.82. The van der Waals surface area contributed by atoms with Crippen LogP contribution in [0.5, 0.6) is 0 Å². The number of hydrogen-bond acceptors (Lipinski definition) is 2. The van der Waals surface area contributed by atoms with E-state index in [1.54, 1.807) is 0 Å². The molecule has 76 valence electrons. The van der Waals surface area contributed by atoms with Crippen LogP contribution in [0.25, 0.3) is 11.3 Å². The molecule has 2 rings (SSSR count). The van der Waals surface area contributed by atoms with Crippen molar-refractivity contribution in [2.75, 3.05) is 0 Å². The van der Waals surface area contributed by atoms with Gasteiger partial charge in [-0.3, -0.25) is 9.48 Å². The van der Waals surface area contributed by atoms with Crippen molar-refractivity contribution in [1.82, 2.24) is 9.78 Å². The Kier molecular flexibility index (Phi) is 2.37. The first kappa shape index (κ1) is 9.65. The monoisotopic (exact) mass is 200 g/mol. The molecule has 1 aromatic carbocycles. The molecule has 0 bridgehead atoms. The Morgan fingerprint density at radius 3 is 2.40 bits per heavy atom. The normalized spacial score (nSPS) is 10.3. The molecule has 0 aliphatic rings. The molecule has 0 unspecified atom stereocenters. The minimum Gasteiger partial charge on any atom is -0.298 e. The molecule has 1 heterocycles. The number of aryl methyl sites for hydroxylation is 2. The molecule has 0 aliphatic carbocycles. The first-order valence-electron chi connectivity index (χ1n) is 4.77. The Labute approximate surface area is 88.4 Å². The summed E-state index contributed by atoms with van der Waals surface area (Å²) in [6, 6.07) is 9.51. The van der Waals surface area contributed by atoms with Gasteiger partial charge in [-0.25, -0.2) is 0 Å². The van der Waals surface area contributed by atoms with E-state index in [4.69, 9.17) is 0 Å². The van der Waals surface area contributed by atoms with Crippen LogP contribution in [0.3, 0.4) is 0 Å². The molecule has 0 fully saturated rings. The largest absolute Gasteiger partial charge is 0.298 e. The second-order valence-corrected chi connectivity index (χ2v) is 3.53. The molecule has 0 atom stereocenters. The van der Waals surface area contributed by atoms with Crippen molar-refractivity contribution in [2.24, 2.45) is 7.05 Å². The van der Waals surface area contributed by atoms with Gasteiger partial charge < -0.3 is 0 Å². The maximum atomic E-state index is 10.5. The predicted molar refractivity (Wildman–Crippen MR) is 58.8 cm³/mol. The van der Waals surface area contributed by atoms with Crippen LogP contribution in [0.4, 0.5) is 0 Å². The third-order valence-electron chi connectivity index (χ3n) is 2.34. The van der Waals surface area contributed by atoms with E-state index >= 15 is 0 Å². The van der Waals surface area contributed by atoms with Gasteiger partial charge in [0.05, 0.1) is 11.4 Å². The Hall–Kier alpha value is -1.90. The number of carbonyl (C=O) groups excluding carboxylic acids is 1. The summed E-state index contributed by atoms with van der Waals surface area (Å²) in [4.78, 5) is 10.5. The van der Waals surface area contributed by atoms with Crippen molar-refractivity contribution in [3.63, 3.8) is 0 Å². The van der Waals surface area contributed by atoms with Crippen LogP contribution < -0.4 is 0 Å². The van der Waals surface area contributed by atoms with Gasteiger partial charge in [0, 0.05) is 12.6 Å². The Morgan fingerprint density at radius 2 is 1.93 bits per heavy atom. The SMILES string of the molecule is Cc1cc(-c2ccc(C=O)cc2)n(C)n1. The van der Waals surface area contributed by atoms with Gasteiger partial charge in [-0.05, 0) is 18.6 Å². The second kappa shape index (κ2) is 3.69. The first-order chi connectivity index (χ1) is 7.20. The Balaban J connectivity index is 2.45. The predicted octanol–water partition coefficient (Wildman–Crippen LogP) is 2.21. The molecular weight excluding hydrogens is 188 g/mol. The topological polar surface area (TPSA) is 34.9 Å². The lowest BCUT2D eigenvalue weighted by atomic mass is 10.1. The molecule has 0 saturated carbocycles. The number of aromatic nitrogens is 2. The standard InChI is InChI=1S/C12H12N2O/c1-9-7-12(14(2)13-9)11-5-3-10(8-15)4-6-11/h3-8H,1-2H3. The van der Waals surface area contributed by atoms with E-state index in [9.17, 15) is 4.79 Å². The van der Waals surface area contributed by atoms with E-state index in [2.05, 4.69) is 5.10 Å². The van der Waals surface area contributed by atoms with Gasteiger partial charge in [-0.1, -0.05) is 24.3 Å². The molecule has 0 spiro atoms. The summed E-state index contributed by atoms with van der Waals surface area (Å²) >= 11 is 0. The minimum atomic E-state index is 0.692. The molecule has 0 N–H and O–H groups in total. The van der Waals surface area contributed by atoms with Gasteiger partial charge in [0.1, 0.15) is 6.29 Å². The van der Waals surface area contributed by atoms with Crippen LogP contribution in [0.15, 0.2) is 30.3 Å². The zero-order valence-electron chi connectivity index (χ0n) is 8.77. The van der Waals surface area contributed by atoms with Crippen LogP contribution in [0.2, 0.25) is 0 Å². The molecule has 1 aromatic heterocycles. The molecule has 0 saturated heterocycles. The van der Waals surface area contributed by atoms with Gasteiger partial charge >= 0.3 is 0 Å². The Bertz CT molecular complexity index is 483. The number of nitrogens with zero attached hydrogens (tertiary/aromatic N) is 2. The zero-order valence-corrected chi connectivity index (χ0v) is 8.77. The molecule has 15 heavy (non-hydrogen) atoms. The number of hydrogen-bond donors (Lipinski definition) is 0. The summed E-state index contributed by atoms with van der Waals surface area (Å²) in [6.45, 7) is 1.96. The van der Waals surface area contributed by atoms with E-state index < -0.39 is 0 Å². The highest BCUT2D eigenvalue weighted by Gasteiger charge is 2.04. The highest BCUT2D eigenvalue weighted by atomic mass is 16.1. The summed E-state index contributed by atoms with van der Waals surface area (Å²) in [5.74, 6) is 0. The van der Waals surface area contributed by atoms with Crippen molar-refractivity contribution in [3.05, 3.63) is 41.6 Å². The van der Waals surface area contributed by atoms with Gasteiger partial charge in [-0.15, -0.1) is 0 Å². The van der Waals surface area contributed by atoms with E-state index in [0.717, 1.165) is 23.2 Å². The molecular formula is C12H12N2O. The summed E-state index contributed by atoms with van der Waals surface area (Å²) in [6.07, 6.45) is 0.846. The number of aldehydes is 1. The average Bonchev–Trinajstić information content (AvgIpc) is 2.58. The van der Waals surface area contributed by atoms with Crippen LogP contribution in [-0.2, 0) is 7.05 Å². The minimum absolute atomic E-state index is 0.692. The molecule has 0 aliphatic heterocycles. The fraction of sp³-hybridized carbons (Fsp3) is 0.167. The molecule has 2 aromatic rings. The zero-order chi connectivity index (χ0) is 10.8. The maximum Gasteiger partial charge on any atom is 0.150 e. The average molecular weight is 200 g/mol. The van der Waals surface area contributed by atoms with Crippen LogP contribution in [-0.4, -0.2) is 16.1 Å². The van der Waals surface area contributed by atoms with Gasteiger partial charge in [0.25, 0.3) is 0 Å². The highest BCUT2D eigenvalue weighted by molar-refractivity contribution is 5.76. The number of benzene rings is 1. The third kappa shape index (κ3) is 1.81. The lowest BCUT2D eigenvalue weighted by molar-refractivity contribution is 0.112. The van der Waals surface area contributed by atoms with Crippen LogP contribution >= 0.6 is 0 Å². The van der Waals surface area contributed by atoms with Gasteiger partial charge in [0.2, 0.25) is 0 Å².